The lowest BCUT2D eigenvalue weighted by atomic mass is 9.53. The molecule has 0 amide bonds. The van der Waals surface area contributed by atoms with Gasteiger partial charge in [-0.15, -0.1) is 0 Å². The summed E-state index contributed by atoms with van der Waals surface area (Å²) in [5.74, 6) is 5.87. The number of imidazole rings is 2. The summed E-state index contributed by atoms with van der Waals surface area (Å²) in [7, 11) is 0. The van der Waals surface area contributed by atoms with E-state index in [1.54, 1.807) is 0 Å². The van der Waals surface area contributed by atoms with Gasteiger partial charge >= 0.3 is 0 Å². The minimum absolute atomic E-state index is 0.400. The molecular formula is C31H42N6+2. The number of nitrogens with zero attached hydrogens (tertiary/aromatic N) is 5. The third kappa shape index (κ3) is 3.46. The summed E-state index contributed by atoms with van der Waals surface area (Å²) in [6, 6.07) is 2.27. The molecule has 0 spiro atoms. The number of nitrogens with one attached hydrogen (secondary N) is 1. The molecule has 0 atom stereocenters. The van der Waals surface area contributed by atoms with Crippen molar-refractivity contribution in [2.24, 2.45) is 35.5 Å². The second-order valence-electron chi connectivity index (χ2n) is 14.7. The summed E-state index contributed by atoms with van der Waals surface area (Å²) in [6.07, 6.45) is 31.4. The molecule has 6 nitrogen and oxygen atoms in total. The Bertz CT molecular complexity index is 1160. The van der Waals surface area contributed by atoms with Crippen molar-refractivity contribution in [3.63, 3.8) is 0 Å². The highest BCUT2D eigenvalue weighted by molar-refractivity contribution is 5.09. The molecule has 0 unspecified atom stereocenters. The molecule has 8 aliphatic rings. The van der Waals surface area contributed by atoms with Crippen LogP contribution < -0.4 is 9.13 Å². The van der Waals surface area contributed by atoms with Crippen LogP contribution in [-0.2, 0) is 24.2 Å². The third-order valence-electron chi connectivity index (χ3n) is 11.9. The summed E-state index contributed by atoms with van der Waals surface area (Å²) in [6.45, 7) is 1.71. The molecule has 8 bridgehead atoms. The van der Waals surface area contributed by atoms with Crippen molar-refractivity contribution in [3.8, 4) is 0 Å². The van der Waals surface area contributed by atoms with Gasteiger partial charge in [0.25, 0.3) is 0 Å². The topological polar surface area (TPSA) is 46.3 Å². The molecule has 6 heteroatoms. The fourth-order valence-corrected chi connectivity index (χ4v) is 11.3. The number of hydrogen-bond donors (Lipinski definition) is 1. The molecule has 8 saturated carbocycles. The van der Waals surface area contributed by atoms with Crippen molar-refractivity contribution in [2.75, 3.05) is 0 Å². The van der Waals surface area contributed by atoms with Crippen molar-refractivity contribution in [1.29, 1.82) is 0 Å². The normalized spacial score (nSPS) is 41.2. The van der Waals surface area contributed by atoms with Crippen LogP contribution in [0, 0.1) is 35.5 Å². The van der Waals surface area contributed by atoms with Gasteiger partial charge in [0.2, 0.25) is 12.7 Å². The minimum Gasteiger partial charge on any atom is -0.278 e. The smallest absolute Gasteiger partial charge is 0.244 e. The quantitative estimate of drug-likeness (QED) is 0.499. The van der Waals surface area contributed by atoms with Gasteiger partial charge in [0, 0.05) is 0 Å². The van der Waals surface area contributed by atoms with Crippen LogP contribution >= 0.6 is 0 Å². The van der Waals surface area contributed by atoms with E-state index in [1.165, 1.54) is 82.7 Å². The fourth-order valence-electron chi connectivity index (χ4n) is 11.3. The van der Waals surface area contributed by atoms with Crippen molar-refractivity contribution in [1.82, 2.24) is 19.3 Å². The van der Waals surface area contributed by atoms with E-state index in [4.69, 9.17) is 5.10 Å². The molecular weight excluding hydrogens is 456 g/mol. The van der Waals surface area contributed by atoms with Crippen molar-refractivity contribution >= 4 is 0 Å². The van der Waals surface area contributed by atoms with Gasteiger partial charge in [0.05, 0.1) is 5.69 Å². The first-order chi connectivity index (χ1) is 18.1. The van der Waals surface area contributed by atoms with Crippen LogP contribution in [0.3, 0.4) is 0 Å². The Labute approximate surface area is 220 Å². The summed E-state index contributed by atoms with van der Waals surface area (Å²) in [4.78, 5) is 0. The molecule has 8 fully saturated rings. The first kappa shape index (κ1) is 21.6. The van der Waals surface area contributed by atoms with Crippen LogP contribution in [0.4, 0.5) is 0 Å². The Morgan fingerprint density at radius 3 is 1.57 bits per heavy atom. The Hall–Kier alpha value is -2.37. The molecule has 194 valence electrons. The van der Waals surface area contributed by atoms with E-state index < -0.39 is 0 Å². The van der Waals surface area contributed by atoms with E-state index in [2.05, 4.69) is 66.9 Å². The van der Waals surface area contributed by atoms with E-state index in [1.807, 2.05) is 0 Å². The Kier molecular flexibility index (Phi) is 4.43. The largest absolute Gasteiger partial charge is 0.278 e. The molecule has 0 aliphatic heterocycles. The number of hydrogen-bond acceptors (Lipinski definition) is 1. The molecule has 3 aromatic rings. The van der Waals surface area contributed by atoms with Crippen molar-refractivity contribution in [2.45, 2.75) is 101 Å². The Balaban J connectivity index is 0.888. The molecule has 1 N–H and O–H groups in total. The van der Waals surface area contributed by atoms with Crippen molar-refractivity contribution < 1.29 is 9.13 Å². The maximum Gasteiger partial charge on any atom is 0.244 e. The van der Waals surface area contributed by atoms with Gasteiger partial charge in [-0.25, -0.2) is 18.3 Å². The lowest BCUT2D eigenvalue weighted by Gasteiger charge is -2.54. The summed E-state index contributed by atoms with van der Waals surface area (Å²) >= 11 is 0. The van der Waals surface area contributed by atoms with E-state index in [-0.39, 0.29) is 0 Å². The summed E-state index contributed by atoms with van der Waals surface area (Å²) in [5.41, 5.74) is 3.13. The summed E-state index contributed by atoms with van der Waals surface area (Å²) < 4.78 is 9.88. The van der Waals surface area contributed by atoms with Gasteiger partial charge < -0.3 is 0 Å². The standard InChI is InChI=1S/C31H42N6/c1-3-36(30-12-22-5-23(13-30)7-24(6-22)14-30)20-34(1)18-28-11-29(33-32-28)19-35-2-4-37(21-35)31-15-25-8-26(16-31)10-27(9-25)17-31/h1-4,11,20-27H,5-10,12-19H2,(H,32,33)/q+2. The Morgan fingerprint density at radius 1 is 0.676 bits per heavy atom. The Morgan fingerprint density at radius 2 is 1.11 bits per heavy atom. The lowest BCUT2D eigenvalue weighted by Crippen LogP contribution is -2.51. The second-order valence-corrected chi connectivity index (χ2v) is 14.7. The fraction of sp³-hybridized carbons (Fsp3) is 0.710. The number of H-pyrrole nitrogens is 1. The van der Waals surface area contributed by atoms with E-state index in [0.717, 1.165) is 54.3 Å². The van der Waals surface area contributed by atoms with E-state index in [9.17, 15) is 0 Å². The molecule has 3 heterocycles. The monoisotopic (exact) mass is 498 g/mol. The van der Waals surface area contributed by atoms with Crippen LogP contribution in [0.2, 0.25) is 0 Å². The predicted octanol–water partition coefficient (Wildman–Crippen LogP) is 4.53. The highest BCUT2D eigenvalue weighted by atomic mass is 15.2. The number of rotatable bonds is 6. The highest BCUT2D eigenvalue weighted by Gasteiger charge is 2.55. The van der Waals surface area contributed by atoms with Gasteiger partial charge in [-0.2, -0.15) is 5.10 Å². The van der Waals surface area contributed by atoms with E-state index >= 15 is 0 Å². The lowest BCUT2D eigenvalue weighted by molar-refractivity contribution is -0.689. The zero-order chi connectivity index (χ0) is 24.2. The molecule has 37 heavy (non-hydrogen) atoms. The minimum atomic E-state index is 0.400. The van der Waals surface area contributed by atoms with Gasteiger partial charge in [0.1, 0.15) is 54.6 Å². The number of aromatic amines is 1. The molecule has 8 aliphatic carbocycles. The van der Waals surface area contributed by atoms with Crippen LogP contribution in [-0.4, -0.2) is 19.3 Å². The predicted molar refractivity (Wildman–Crippen MR) is 138 cm³/mol. The van der Waals surface area contributed by atoms with Crippen LogP contribution in [0.25, 0.3) is 0 Å². The first-order valence-corrected chi connectivity index (χ1v) is 15.3. The van der Waals surface area contributed by atoms with Crippen LogP contribution in [0.1, 0.15) is 88.4 Å². The average molecular weight is 499 g/mol. The molecule has 0 aromatic carbocycles. The van der Waals surface area contributed by atoms with E-state index in [0.29, 0.717) is 11.1 Å². The maximum absolute atomic E-state index is 4.70. The molecule has 3 aromatic heterocycles. The van der Waals surface area contributed by atoms with Gasteiger partial charge in [-0.05, 0) is 119 Å². The number of aromatic nitrogens is 6. The van der Waals surface area contributed by atoms with Gasteiger partial charge in [-0.3, -0.25) is 5.10 Å². The zero-order valence-electron chi connectivity index (χ0n) is 22.1. The first-order valence-electron chi connectivity index (χ1n) is 15.3. The van der Waals surface area contributed by atoms with Crippen LogP contribution in [0.15, 0.2) is 43.5 Å². The second kappa shape index (κ2) is 7.60. The van der Waals surface area contributed by atoms with Gasteiger partial charge in [-0.1, -0.05) is 0 Å². The maximum atomic E-state index is 4.70. The van der Waals surface area contributed by atoms with Crippen LogP contribution in [0.5, 0.6) is 0 Å². The average Bonchev–Trinajstić information content (AvgIpc) is 3.60. The molecule has 11 rings (SSSR count). The van der Waals surface area contributed by atoms with Gasteiger partial charge in [0.15, 0.2) is 0 Å². The zero-order valence-corrected chi connectivity index (χ0v) is 22.1. The summed E-state index contributed by atoms with van der Waals surface area (Å²) in [5, 5.41) is 8.03. The van der Waals surface area contributed by atoms with Crippen molar-refractivity contribution in [3.05, 3.63) is 54.9 Å². The molecule has 0 radical (unpaired) electrons. The highest BCUT2D eigenvalue weighted by Crippen LogP contribution is 2.59. The third-order valence-corrected chi connectivity index (χ3v) is 11.9. The molecule has 0 saturated heterocycles. The SMILES string of the molecule is c1c(C[n+]2ccn(C34CC5CC(CC(C5)C3)C4)c2)n[nH]c1C[n+]1ccn(C23CC4CC(CC(C4)C2)C3)c1.